The van der Waals surface area contributed by atoms with Crippen LogP contribution < -0.4 is 11.1 Å². The number of benzene rings is 1. The molecule has 8 nitrogen and oxygen atoms in total. The second-order valence-corrected chi connectivity index (χ2v) is 10.3. The van der Waals surface area contributed by atoms with Gasteiger partial charge in [-0.05, 0) is 44.3 Å². The molecule has 0 atom stereocenters. The molecule has 186 valence electrons. The van der Waals surface area contributed by atoms with Gasteiger partial charge >= 0.3 is 5.51 Å². The molecule has 0 fully saturated rings. The molecule has 0 saturated carbocycles. The number of nitrogens with one attached hydrogen (secondary N) is 1. The van der Waals surface area contributed by atoms with Gasteiger partial charge in [-0.3, -0.25) is 4.79 Å². The average molecular weight is 518 g/mol. The number of anilines is 1. The molecule has 34 heavy (non-hydrogen) atoms. The Hall–Kier alpha value is -2.77. The number of amides is 1. The lowest BCUT2D eigenvalue weighted by molar-refractivity contribution is -0.0436. The summed E-state index contributed by atoms with van der Waals surface area (Å²) >= 11 is 1.09. The summed E-state index contributed by atoms with van der Waals surface area (Å²) in [7, 11) is -1.63. The maximum absolute atomic E-state index is 12.7. The second-order valence-electron chi connectivity index (χ2n) is 7.31. The van der Waals surface area contributed by atoms with Crippen molar-refractivity contribution in [2.75, 3.05) is 19.8 Å². The molecular formula is C21H26F3N5O3S2. The van der Waals surface area contributed by atoms with Gasteiger partial charge in [0.2, 0.25) is 0 Å². The van der Waals surface area contributed by atoms with E-state index in [1.54, 1.807) is 0 Å². The molecular weight excluding hydrogens is 491 g/mol. The van der Waals surface area contributed by atoms with E-state index in [2.05, 4.69) is 15.5 Å². The highest BCUT2D eigenvalue weighted by atomic mass is 32.2. The Morgan fingerprint density at radius 2 is 1.74 bits per heavy atom. The number of nitrogens with two attached hydrogens (primary N) is 1. The lowest BCUT2D eigenvalue weighted by Gasteiger charge is -2.11. The van der Waals surface area contributed by atoms with Crippen LogP contribution in [0.1, 0.15) is 40.3 Å². The highest BCUT2D eigenvalue weighted by molar-refractivity contribution is 7.92. The van der Waals surface area contributed by atoms with E-state index < -0.39 is 26.1 Å². The lowest BCUT2D eigenvalue weighted by Crippen LogP contribution is -2.24. The fraction of sp³-hybridized carbons (Fsp3) is 0.381. The van der Waals surface area contributed by atoms with Gasteiger partial charge in [0.25, 0.3) is 15.7 Å². The Bertz CT molecular complexity index is 1270. The molecule has 3 aromatic rings. The zero-order valence-corrected chi connectivity index (χ0v) is 21.0. The first kappa shape index (κ1) is 27.5. The number of thiophene rings is 1. The summed E-state index contributed by atoms with van der Waals surface area (Å²) in [6, 6.07) is 4.11. The van der Waals surface area contributed by atoms with Crippen LogP contribution in [0.3, 0.4) is 0 Å². The number of fused-ring (bicyclic) bond motifs is 1. The van der Waals surface area contributed by atoms with Crippen LogP contribution in [0.25, 0.3) is 10.2 Å². The molecule has 2 aromatic heterocycles. The van der Waals surface area contributed by atoms with Crippen molar-refractivity contribution in [2.24, 2.45) is 0 Å². The molecule has 0 aliphatic carbocycles. The van der Waals surface area contributed by atoms with Crippen molar-refractivity contribution in [3.63, 3.8) is 0 Å². The molecule has 0 bridgehead atoms. The van der Waals surface area contributed by atoms with E-state index in [9.17, 15) is 26.4 Å². The molecule has 3 N–H and O–H groups in total. The van der Waals surface area contributed by atoms with Gasteiger partial charge in [0.1, 0.15) is 9.71 Å². The van der Waals surface area contributed by atoms with E-state index in [1.807, 2.05) is 39.8 Å². The van der Waals surface area contributed by atoms with Crippen LogP contribution in [0.2, 0.25) is 0 Å². The molecule has 0 unspecified atom stereocenters. The topological polar surface area (TPSA) is 118 Å². The number of rotatable bonds is 6. The molecule has 0 aliphatic rings. The number of nitrogen functional groups attached to an aromatic ring is 1. The van der Waals surface area contributed by atoms with Crippen LogP contribution in [0, 0.1) is 6.92 Å². The molecule has 0 spiro atoms. The summed E-state index contributed by atoms with van der Waals surface area (Å²) in [5.74, 6) is -0.481. The van der Waals surface area contributed by atoms with E-state index in [0.717, 1.165) is 34.7 Å². The first-order valence-corrected chi connectivity index (χ1v) is 12.5. The van der Waals surface area contributed by atoms with Crippen LogP contribution in [0.5, 0.6) is 0 Å². The molecule has 0 saturated heterocycles. The minimum atomic E-state index is -5.42. The van der Waals surface area contributed by atoms with Crippen LogP contribution in [0.4, 0.5) is 18.9 Å². The minimum Gasteiger partial charge on any atom is -0.397 e. The lowest BCUT2D eigenvalue weighted by atomic mass is 10.1. The smallest absolute Gasteiger partial charge is 0.397 e. The second kappa shape index (κ2) is 10.7. The van der Waals surface area contributed by atoms with Crippen molar-refractivity contribution in [3.8, 4) is 0 Å². The van der Waals surface area contributed by atoms with Gasteiger partial charge in [0.05, 0.1) is 16.3 Å². The van der Waals surface area contributed by atoms with Gasteiger partial charge in [-0.2, -0.15) is 18.3 Å². The number of carbonyl (C=O) groups is 1. The Labute approximate surface area is 199 Å². The van der Waals surface area contributed by atoms with Crippen molar-refractivity contribution in [1.29, 1.82) is 0 Å². The third-order valence-corrected chi connectivity index (χ3v) is 7.25. The number of sulfone groups is 1. The van der Waals surface area contributed by atoms with Gasteiger partial charge in [-0.25, -0.2) is 8.42 Å². The van der Waals surface area contributed by atoms with Crippen LogP contribution in [-0.4, -0.2) is 49.0 Å². The highest BCUT2D eigenvalue weighted by Crippen LogP contribution is 2.35. The van der Waals surface area contributed by atoms with Crippen molar-refractivity contribution >= 4 is 43.0 Å². The minimum absolute atomic E-state index is 0.0323. The summed E-state index contributed by atoms with van der Waals surface area (Å²) < 4.78 is 60.8. The molecule has 0 radical (unpaired) electrons. The quantitative estimate of drug-likeness (QED) is 0.509. The van der Waals surface area contributed by atoms with Crippen LogP contribution >= 0.6 is 11.3 Å². The number of hydrogen-bond donors (Lipinski definition) is 2. The third-order valence-electron chi connectivity index (χ3n) is 4.66. The number of aromatic nitrogens is 2. The Morgan fingerprint density at radius 3 is 2.26 bits per heavy atom. The van der Waals surface area contributed by atoms with Crippen molar-refractivity contribution < 1.29 is 26.4 Å². The van der Waals surface area contributed by atoms with E-state index in [4.69, 9.17) is 5.73 Å². The first-order chi connectivity index (χ1) is 15.8. The standard InChI is InChI=1S/C19H20F3N5O3S2.C2H6/c1-10-13(9-27(2)3)25-26-18-14(10)15(23)16(31-18)17(28)24-8-11-4-6-12(7-5-11)32(29,30)19(20,21)22;1-2/h4-7H,8-9,23H2,1-3H3,(H,24,28);1-2H3. The number of aryl methyl sites for hydroxylation is 1. The number of halogens is 3. The zero-order chi connectivity index (χ0) is 25.8. The molecule has 13 heteroatoms. The summed E-state index contributed by atoms with van der Waals surface area (Å²) in [5.41, 5.74) is 3.11. The maximum Gasteiger partial charge on any atom is 0.501 e. The molecule has 1 aromatic carbocycles. The van der Waals surface area contributed by atoms with Crippen molar-refractivity contribution in [2.45, 2.75) is 44.3 Å². The van der Waals surface area contributed by atoms with Crippen molar-refractivity contribution in [1.82, 2.24) is 20.4 Å². The van der Waals surface area contributed by atoms with E-state index in [1.165, 1.54) is 12.1 Å². The monoisotopic (exact) mass is 517 g/mol. The fourth-order valence-corrected chi connectivity index (χ4v) is 4.77. The summed E-state index contributed by atoms with van der Waals surface area (Å²) in [6.45, 7) is 6.39. The number of hydrogen-bond acceptors (Lipinski definition) is 8. The van der Waals surface area contributed by atoms with Crippen molar-refractivity contribution in [3.05, 3.63) is 46.0 Å². The SMILES string of the molecule is CC.Cc1c(CN(C)C)nnc2sc(C(=O)NCc3ccc(S(=O)(=O)C(F)(F)F)cc3)c(N)c12. The number of alkyl halides is 3. The Morgan fingerprint density at radius 1 is 1.15 bits per heavy atom. The summed E-state index contributed by atoms with van der Waals surface area (Å²) in [5, 5.41) is 11.7. The highest BCUT2D eigenvalue weighted by Gasteiger charge is 2.46. The van der Waals surface area contributed by atoms with Crippen LogP contribution in [0.15, 0.2) is 29.2 Å². The molecule has 3 rings (SSSR count). The van der Waals surface area contributed by atoms with Gasteiger partial charge in [-0.15, -0.1) is 16.4 Å². The van der Waals surface area contributed by atoms with Gasteiger partial charge in [0, 0.05) is 18.5 Å². The largest absolute Gasteiger partial charge is 0.501 e. The first-order valence-electron chi connectivity index (χ1n) is 10.2. The van der Waals surface area contributed by atoms with E-state index in [0.29, 0.717) is 22.3 Å². The van der Waals surface area contributed by atoms with Gasteiger partial charge in [0.15, 0.2) is 0 Å². The fourth-order valence-electron chi connectivity index (χ4n) is 2.99. The average Bonchev–Trinajstić information content (AvgIpc) is 3.12. The van der Waals surface area contributed by atoms with Gasteiger partial charge in [-0.1, -0.05) is 26.0 Å². The van der Waals surface area contributed by atoms with E-state index >= 15 is 0 Å². The predicted molar refractivity (Wildman–Crippen MR) is 126 cm³/mol. The Kier molecular flexibility index (Phi) is 8.61. The van der Waals surface area contributed by atoms with E-state index in [-0.39, 0.29) is 17.1 Å². The third kappa shape index (κ3) is 5.65. The summed E-state index contributed by atoms with van der Waals surface area (Å²) in [6.07, 6.45) is 0. The molecule has 2 heterocycles. The predicted octanol–water partition coefficient (Wildman–Crippen LogP) is 3.89. The van der Waals surface area contributed by atoms with Crippen LogP contribution in [-0.2, 0) is 22.9 Å². The summed E-state index contributed by atoms with van der Waals surface area (Å²) in [4.78, 5) is 14.5. The normalized spacial score (nSPS) is 11.9. The Balaban J connectivity index is 0.00000199. The zero-order valence-electron chi connectivity index (χ0n) is 19.3. The maximum atomic E-state index is 12.7. The molecule has 0 aliphatic heterocycles. The molecule has 1 amide bonds. The number of carbonyl (C=O) groups excluding carboxylic acids is 1. The van der Waals surface area contributed by atoms with Gasteiger partial charge < -0.3 is 16.0 Å². The number of nitrogens with zero attached hydrogens (tertiary/aromatic N) is 3.